The molecule has 0 aliphatic carbocycles. The fourth-order valence-electron chi connectivity index (χ4n) is 2.51. The quantitative estimate of drug-likeness (QED) is 0.811. The molecule has 0 aromatic heterocycles. The molecule has 1 aromatic rings. The number of nitrogens with zero attached hydrogens (tertiary/aromatic N) is 1. The van der Waals surface area contributed by atoms with Gasteiger partial charge in [0.2, 0.25) is 0 Å². The number of rotatable bonds is 6. The minimum atomic E-state index is -0.929. The highest BCUT2D eigenvalue weighted by Gasteiger charge is 2.19. The third kappa shape index (κ3) is 3.84. The first-order valence-electron chi connectivity index (χ1n) is 7.07. The lowest BCUT2D eigenvalue weighted by atomic mass is 10.1. The zero-order valence-corrected chi connectivity index (χ0v) is 11.8. The van der Waals surface area contributed by atoms with Crippen LogP contribution in [0.1, 0.15) is 25.3 Å². The van der Waals surface area contributed by atoms with Crippen molar-refractivity contribution in [3.05, 3.63) is 35.9 Å². The SMILES string of the molecule is CCN(CC1CCCO1)c1ccccc1C=CC(=O)O. The Morgan fingerprint density at radius 1 is 1.50 bits per heavy atom. The van der Waals surface area contributed by atoms with Crippen molar-refractivity contribution in [1.29, 1.82) is 0 Å². The lowest BCUT2D eigenvalue weighted by Crippen LogP contribution is -2.32. The van der Waals surface area contributed by atoms with Crippen LogP contribution in [-0.2, 0) is 9.53 Å². The zero-order chi connectivity index (χ0) is 14.4. The average Bonchev–Trinajstić information content (AvgIpc) is 2.96. The predicted octanol–water partition coefficient (Wildman–Crippen LogP) is 2.79. The Kier molecular flexibility index (Phi) is 5.18. The van der Waals surface area contributed by atoms with Crippen molar-refractivity contribution in [3.63, 3.8) is 0 Å². The van der Waals surface area contributed by atoms with Crippen molar-refractivity contribution in [3.8, 4) is 0 Å². The first-order valence-corrected chi connectivity index (χ1v) is 7.07. The standard InChI is InChI=1S/C16H21NO3/c1-2-17(12-14-7-5-11-20-14)15-8-4-3-6-13(15)9-10-16(18)19/h3-4,6,8-10,14H,2,5,7,11-12H2,1H3,(H,18,19). The second-order valence-electron chi connectivity index (χ2n) is 4.90. The van der Waals surface area contributed by atoms with E-state index in [1.807, 2.05) is 24.3 Å². The van der Waals surface area contributed by atoms with Crippen LogP contribution < -0.4 is 4.90 Å². The van der Waals surface area contributed by atoms with Crippen LogP contribution in [0.15, 0.2) is 30.3 Å². The minimum Gasteiger partial charge on any atom is -0.478 e. The molecule has 1 aliphatic rings. The van der Waals surface area contributed by atoms with Crippen LogP contribution in [0.4, 0.5) is 5.69 Å². The summed E-state index contributed by atoms with van der Waals surface area (Å²) < 4.78 is 5.69. The Morgan fingerprint density at radius 3 is 2.95 bits per heavy atom. The molecule has 1 heterocycles. The Bertz CT molecular complexity index is 478. The minimum absolute atomic E-state index is 0.284. The van der Waals surface area contributed by atoms with Gasteiger partial charge in [0, 0.05) is 31.5 Å². The van der Waals surface area contributed by atoms with Gasteiger partial charge >= 0.3 is 5.97 Å². The van der Waals surface area contributed by atoms with Crippen molar-refractivity contribution >= 4 is 17.7 Å². The second-order valence-corrected chi connectivity index (χ2v) is 4.90. The van der Waals surface area contributed by atoms with Gasteiger partial charge in [-0.1, -0.05) is 18.2 Å². The van der Waals surface area contributed by atoms with Crippen LogP contribution in [0.25, 0.3) is 6.08 Å². The molecule has 2 rings (SSSR count). The van der Waals surface area contributed by atoms with Gasteiger partial charge in [-0.05, 0) is 37.5 Å². The fraction of sp³-hybridized carbons (Fsp3) is 0.438. The Hall–Kier alpha value is -1.81. The summed E-state index contributed by atoms with van der Waals surface area (Å²) in [6.45, 7) is 4.68. The molecule has 4 heteroatoms. The maximum Gasteiger partial charge on any atom is 0.328 e. The third-order valence-corrected chi connectivity index (χ3v) is 3.51. The Morgan fingerprint density at radius 2 is 2.30 bits per heavy atom. The molecule has 1 fully saturated rings. The summed E-state index contributed by atoms with van der Waals surface area (Å²) in [5, 5.41) is 8.77. The van der Waals surface area contributed by atoms with Crippen molar-refractivity contribution in [2.45, 2.75) is 25.9 Å². The first kappa shape index (κ1) is 14.6. The predicted molar refractivity (Wildman–Crippen MR) is 80.0 cm³/mol. The van der Waals surface area contributed by atoms with E-state index in [-0.39, 0.29) is 6.10 Å². The smallest absolute Gasteiger partial charge is 0.328 e. The van der Waals surface area contributed by atoms with Gasteiger partial charge in [-0.3, -0.25) is 0 Å². The third-order valence-electron chi connectivity index (χ3n) is 3.51. The average molecular weight is 275 g/mol. The molecule has 1 saturated heterocycles. The van der Waals surface area contributed by atoms with E-state index in [0.717, 1.165) is 43.8 Å². The van der Waals surface area contributed by atoms with Gasteiger partial charge in [0.25, 0.3) is 0 Å². The summed E-state index contributed by atoms with van der Waals surface area (Å²) >= 11 is 0. The molecule has 1 N–H and O–H groups in total. The number of para-hydroxylation sites is 1. The number of benzene rings is 1. The molecule has 20 heavy (non-hydrogen) atoms. The fourth-order valence-corrected chi connectivity index (χ4v) is 2.51. The number of hydrogen-bond acceptors (Lipinski definition) is 3. The van der Waals surface area contributed by atoms with Crippen molar-refractivity contribution in [2.75, 3.05) is 24.6 Å². The van der Waals surface area contributed by atoms with E-state index in [0.29, 0.717) is 0 Å². The molecule has 0 bridgehead atoms. The van der Waals surface area contributed by atoms with Gasteiger partial charge in [0.15, 0.2) is 0 Å². The van der Waals surface area contributed by atoms with E-state index in [4.69, 9.17) is 9.84 Å². The number of carboxylic acid groups (broad SMARTS) is 1. The topological polar surface area (TPSA) is 49.8 Å². The monoisotopic (exact) mass is 275 g/mol. The molecule has 0 spiro atoms. The van der Waals surface area contributed by atoms with Crippen LogP contribution >= 0.6 is 0 Å². The summed E-state index contributed by atoms with van der Waals surface area (Å²) in [5.74, 6) is -0.929. The summed E-state index contributed by atoms with van der Waals surface area (Å²) in [6, 6.07) is 7.86. The van der Waals surface area contributed by atoms with E-state index >= 15 is 0 Å². The number of likely N-dealkylation sites (N-methyl/N-ethyl adjacent to an activating group) is 1. The molecule has 1 aliphatic heterocycles. The van der Waals surface area contributed by atoms with E-state index in [1.165, 1.54) is 6.08 Å². The normalized spacial score (nSPS) is 18.6. The molecule has 1 atom stereocenters. The van der Waals surface area contributed by atoms with E-state index in [1.54, 1.807) is 6.08 Å². The van der Waals surface area contributed by atoms with Gasteiger partial charge in [-0.25, -0.2) is 4.79 Å². The number of carboxylic acids is 1. The maximum atomic E-state index is 10.7. The largest absolute Gasteiger partial charge is 0.478 e. The molecule has 0 radical (unpaired) electrons. The Balaban J connectivity index is 2.17. The summed E-state index contributed by atoms with van der Waals surface area (Å²) in [4.78, 5) is 12.9. The van der Waals surface area contributed by atoms with Gasteiger partial charge in [-0.2, -0.15) is 0 Å². The molecule has 1 unspecified atom stereocenters. The second kappa shape index (κ2) is 7.10. The van der Waals surface area contributed by atoms with Crippen LogP contribution in [-0.4, -0.2) is 36.9 Å². The van der Waals surface area contributed by atoms with E-state index in [2.05, 4.69) is 11.8 Å². The summed E-state index contributed by atoms with van der Waals surface area (Å²) in [6.07, 6.45) is 5.34. The number of ether oxygens (including phenoxy) is 1. The zero-order valence-electron chi connectivity index (χ0n) is 11.8. The van der Waals surface area contributed by atoms with Crippen LogP contribution in [0.3, 0.4) is 0 Å². The summed E-state index contributed by atoms with van der Waals surface area (Å²) in [5.41, 5.74) is 1.98. The molecule has 108 valence electrons. The number of carbonyl (C=O) groups is 1. The number of anilines is 1. The van der Waals surface area contributed by atoms with Gasteiger partial charge < -0.3 is 14.7 Å². The van der Waals surface area contributed by atoms with Crippen molar-refractivity contribution < 1.29 is 14.6 Å². The molecule has 1 aromatic carbocycles. The Labute approximate surface area is 119 Å². The summed E-state index contributed by atoms with van der Waals surface area (Å²) in [7, 11) is 0. The van der Waals surface area contributed by atoms with Crippen molar-refractivity contribution in [2.24, 2.45) is 0 Å². The van der Waals surface area contributed by atoms with E-state index in [9.17, 15) is 4.79 Å². The lowest BCUT2D eigenvalue weighted by Gasteiger charge is -2.27. The molecule has 4 nitrogen and oxygen atoms in total. The highest BCUT2D eigenvalue weighted by Crippen LogP contribution is 2.24. The van der Waals surface area contributed by atoms with Gasteiger partial charge in [0.05, 0.1) is 6.10 Å². The van der Waals surface area contributed by atoms with Crippen LogP contribution in [0.2, 0.25) is 0 Å². The molecule has 0 amide bonds. The lowest BCUT2D eigenvalue weighted by molar-refractivity contribution is -0.131. The van der Waals surface area contributed by atoms with Gasteiger partial charge in [0.1, 0.15) is 0 Å². The van der Waals surface area contributed by atoms with Crippen LogP contribution in [0, 0.1) is 0 Å². The molecular formula is C16H21NO3. The number of aliphatic carboxylic acids is 1. The first-order chi connectivity index (χ1) is 9.70. The molecular weight excluding hydrogens is 254 g/mol. The molecule has 0 saturated carbocycles. The maximum absolute atomic E-state index is 10.7. The van der Waals surface area contributed by atoms with E-state index < -0.39 is 5.97 Å². The highest BCUT2D eigenvalue weighted by atomic mass is 16.5. The van der Waals surface area contributed by atoms with Crippen molar-refractivity contribution in [1.82, 2.24) is 0 Å². The highest BCUT2D eigenvalue weighted by molar-refractivity contribution is 5.87. The number of hydrogen-bond donors (Lipinski definition) is 1. The van der Waals surface area contributed by atoms with Gasteiger partial charge in [-0.15, -0.1) is 0 Å². The van der Waals surface area contributed by atoms with Crippen LogP contribution in [0.5, 0.6) is 0 Å².